The molecule has 0 spiro atoms. The van der Waals surface area contributed by atoms with Gasteiger partial charge in [-0.15, -0.1) is 0 Å². The van der Waals surface area contributed by atoms with Crippen molar-refractivity contribution < 1.29 is 118 Å². The van der Waals surface area contributed by atoms with E-state index < -0.39 is 180 Å². The second kappa shape index (κ2) is 21.0. The third-order valence-corrected chi connectivity index (χ3v) is 20.8. The average molecular weight is 1100 g/mol. The summed E-state index contributed by atoms with van der Waals surface area (Å²) in [7, 11) is 1.05. The number of aliphatic carboxylic acids is 1. The Kier molecular flexibility index (Phi) is 16.1. The van der Waals surface area contributed by atoms with Crippen molar-refractivity contribution in [1.29, 1.82) is 0 Å². The van der Waals surface area contributed by atoms with Gasteiger partial charge in [0.15, 0.2) is 31.1 Å². The summed E-state index contributed by atoms with van der Waals surface area (Å²) >= 11 is 0. The van der Waals surface area contributed by atoms with Crippen molar-refractivity contribution >= 4 is 17.9 Å². The third kappa shape index (κ3) is 9.42. The zero-order chi connectivity index (χ0) is 56.4. The van der Waals surface area contributed by atoms with E-state index in [1.165, 1.54) is 13.8 Å². The Balaban J connectivity index is 0.956. The van der Waals surface area contributed by atoms with Gasteiger partial charge in [0, 0.05) is 0 Å². The number of methoxy groups -OCH3 is 1. The van der Waals surface area contributed by atoms with E-state index in [9.17, 15) is 70.9 Å². The average Bonchev–Trinajstić information content (AvgIpc) is 3.38. The van der Waals surface area contributed by atoms with Gasteiger partial charge in [-0.2, -0.15) is 0 Å². The molecule has 0 amide bonds. The molecule has 0 radical (unpaired) electrons. The van der Waals surface area contributed by atoms with Crippen molar-refractivity contribution in [3.8, 4) is 0 Å². The molecular weight excluding hydrogens is 1020 g/mol. The van der Waals surface area contributed by atoms with Gasteiger partial charge in [-0.05, 0) is 111 Å². The van der Waals surface area contributed by atoms with E-state index in [1.807, 2.05) is 6.92 Å². The van der Waals surface area contributed by atoms with Crippen molar-refractivity contribution in [2.75, 3.05) is 20.3 Å². The van der Waals surface area contributed by atoms with Crippen LogP contribution in [-0.4, -0.2) is 222 Å². The van der Waals surface area contributed by atoms with Crippen LogP contribution in [0.4, 0.5) is 0 Å². The van der Waals surface area contributed by atoms with E-state index in [4.69, 9.17) is 42.6 Å². The number of carbonyl (C=O) groups excluding carboxylic acids is 2. The molecule has 4 heterocycles. The summed E-state index contributed by atoms with van der Waals surface area (Å²) in [6.07, 6.45) is -26.4. The maximum Gasteiger partial charge on any atom is 0.337 e. The lowest BCUT2D eigenvalue weighted by atomic mass is 9.33. The maximum absolute atomic E-state index is 15.3. The Bertz CT molecular complexity index is 2230. The molecule has 0 bridgehead atoms. The first-order valence-corrected chi connectivity index (χ1v) is 27.1. The highest BCUT2D eigenvalue weighted by atomic mass is 16.8. The van der Waals surface area contributed by atoms with Gasteiger partial charge in [0.2, 0.25) is 6.29 Å². The molecule has 0 unspecified atom stereocenters. The number of aliphatic hydroxyl groups excluding tert-OH is 11. The van der Waals surface area contributed by atoms with Crippen LogP contribution in [0, 0.1) is 50.2 Å². The summed E-state index contributed by atoms with van der Waals surface area (Å²) in [5.74, 6) is -4.08. The molecule has 4 saturated heterocycles. The highest BCUT2D eigenvalue weighted by Crippen LogP contribution is 2.76. The predicted octanol–water partition coefficient (Wildman–Crippen LogP) is -1.51. The van der Waals surface area contributed by atoms with Crippen LogP contribution in [0.5, 0.6) is 0 Å². The largest absolute Gasteiger partial charge is 0.481 e. The number of aliphatic hydroxyl groups is 11. The highest BCUT2D eigenvalue weighted by Gasteiger charge is 2.73. The van der Waals surface area contributed by atoms with Crippen LogP contribution < -0.4 is 0 Å². The van der Waals surface area contributed by atoms with Gasteiger partial charge in [-0.25, -0.2) is 4.79 Å². The number of ether oxygens (including phenoxy) is 9. The monoisotopic (exact) mass is 1100 g/mol. The Morgan fingerprint density at radius 2 is 1.21 bits per heavy atom. The number of hydrogen-bond donors (Lipinski definition) is 12. The van der Waals surface area contributed by atoms with Crippen LogP contribution in [0.1, 0.15) is 106 Å². The molecular formula is C53H82O24. The Morgan fingerprint density at radius 1 is 0.610 bits per heavy atom. The van der Waals surface area contributed by atoms with Crippen molar-refractivity contribution in [3.05, 3.63) is 11.6 Å². The van der Waals surface area contributed by atoms with Gasteiger partial charge in [0.1, 0.15) is 73.2 Å². The maximum atomic E-state index is 15.3. The number of esters is 2. The first-order chi connectivity index (χ1) is 35.9. The van der Waals surface area contributed by atoms with Crippen LogP contribution in [0.25, 0.3) is 0 Å². The Morgan fingerprint density at radius 3 is 1.87 bits per heavy atom. The molecule has 4 aliphatic heterocycles. The van der Waals surface area contributed by atoms with Crippen LogP contribution in [0.3, 0.4) is 0 Å². The smallest absolute Gasteiger partial charge is 0.337 e. The lowest BCUT2D eigenvalue weighted by molar-refractivity contribution is -0.368. The minimum Gasteiger partial charge on any atom is -0.481 e. The van der Waals surface area contributed by atoms with E-state index in [2.05, 4.69) is 33.8 Å². The minimum absolute atomic E-state index is 0.0858. The van der Waals surface area contributed by atoms with Gasteiger partial charge in [-0.3, -0.25) is 9.59 Å². The Hall–Kier alpha value is -2.57. The second-order valence-electron chi connectivity index (χ2n) is 25.5. The molecule has 438 valence electrons. The summed E-state index contributed by atoms with van der Waals surface area (Å²) < 4.78 is 51.8. The van der Waals surface area contributed by atoms with Crippen molar-refractivity contribution in [2.24, 2.45) is 50.2 Å². The summed E-state index contributed by atoms with van der Waals surface area (Å²) in [5.41, 5.74) is -3.90. The molecule has 12 N–H and O–H groups in total. The van der Waals surface area contributed by atoms with Crippen LogP contribution in [-0.2, 0) is 57.0 Å². The fourth-order valence-electron chi connectivity index (χ4n) is 16.1. The standard InChI is InChI=1S/C53H82O24/c1-21-37(73-42-34(62)29(57)25(55)19-70-42)33(61)36(64)43(72-21)75-39-30(58)26(56)20-71-45(39)77-47(68)53-15-13-48(2,3)17-23(53)22-9-10-27-49(4)18-24(54)40(76-44-35(63)31(59)32(60)38(74-44)41(65)69-8)52(7,46(66)67)28(49)11-12-51(27,6)50(22,5)14-16-53/h9,21,23-40,42-45,54-64H,10-20H2,1-8H3,(H,66,67)/t21-,23-,24-,25+,26-,27+,28+,29-,30-,31-,32-,33-,34+,35+,36+,37-,38-,39+,40-,42-,43-,44-,45-,49+,50+,51+,52-,53-/m0/s1. The highest BCUT2D eigenvalue weighted by molar-refractivity contribution is 5.79. The molecule has 24 nitrogen and oxygen atoms in total. The number of rotatable bonds is 10. The summed E-state index contributed by atoms with van der Waals surface area (Å²) in [6.45, 7) is 12.9. The number of hydrogen-bond acceptors (Lipinski definition) is 23. The number of carboxylic acids is 1. The molecule has 8 fully saturated rings. The van der Waals surface area contributed by atoms with Crippen molar-refractivity contribution in [1.82, 2.24) is 0 Å². The van der Waals surface area contributed by atoms with Crippen molar-refractivity contribution in [3.63, 3.8) is 0 Å². The van der Waals surface area contributed by atoms with E-state index in [0.717, 1.165) is 12.7 Å². The van der Waals surface area contributed by atoms with E-state index in [1.54, 1.807) is 0 Å². The van der Waals surface area contributed by atoms with Crippen LogP contribution in [0.15, 0.2) is 11.6 Å². The lowest BCUT2D eigenvalue weighted by Crippen LogP contribution is -2.70. The molecule has 28 atom stereocenters. The topological polar surface area (TPSA) is 377 Å². The normalized spacial score (nSPS) is 53.5. The molecule has 0 aromatic heterocycles. The molecule has 0 aromatic rings. The third-order valence-electron chi connectivity index (χ3n) is 20.8. The quantitative estimate of drug-likeness (QED) is 0.0672. The molecule has 9 aliphatic rings. The number of carbonyl (C=O) groups is 3. The van der Waals surface area contributed by atoms with Gasteiger partial charge < -0.3 is 104 Å². The number of carboxylic acid groups (broad SMARTS) is 1. The van der Waals surface area contributed by atoms with Gasteiger partial charge in [-0.1, -0.05) is 46.3 Å². The number of fused-ring (bicyclic) bond motifs is 7. The van der Waals surface area contributed by atoms with Crippen molar-refractivity contribution in [2.45, 2.75) is 229 Å². The molecule has 5 aliphatic carbocycles. The SMILES string of the molecule is COC(=O)[C@H]1O[C@@H](O[C@H]2[C@@H](O)C[C@@]3(C)[C@@H](CC[C@]4(C)[C@@H]3CC=C3[C@@H]5CC(C)(C)CC[C@]5(C(=O)O[C@@H]5OC[C@H](O)[C@H](O)[C@H]5O[C@@H]5O[C@@H](C)[C@H](O[C@@H]6OC[C@@H](O)[C@H](O)[C@H]6O)[C@@H](O)[C@H]5O)CC[C@]34C)[C@]2(C)C(=O)O)[C@H](O)[C@@H](O)[C@@H]1O. The zero-order valence-electron chi connectivity index (χ0n) is 44.9. The summed E-state index contributed by atoms with van der Waals surface area (Å²) in [6, 6.07) is 0. The molecule has 0 aromatic carbocycles. The molecule has 4 saturated carbocycles. The zero-order valence-corrected chi connectivity index (χ0v) is 44.9. The van der Waals surface area contributed by atoms with Gasteiger partial charge in [0.25, 0.3) is 0 Å². The first kappa shape index (κ1) is 59.1. The summed E-state index contributed by atoms with van der Waals surface area (Å²) in [4.78, 5) is 41.6. The Labute approximate surface area is 446 Å². The first-order valence-electron chi connectivity index (χ1n) is 27.1. The second-order valence-corrected chi connectivity index (χ2v) is 25.5. The molecule has 77 heavy (non-hydrogen) atoms. The van der Waals surface area contributed by atoms with Crippen LogP contribution in [0.2, 0.25) is 0 Å². The minimum atomic E-state index is -1.93. The lowest BCUT2D eigenvalue weighted by Gasteiger charge is -2.71. The van der Waals surface area contributed by atoms with Crippen LogP contribution >= 0.6 is 0 Å². The fraction of sp³-hybridized carbons (Fsp3) is 0.906. The summed E-state index contributed by atoms with van der Waals surface area (Å²) in [5, 5.41) is 131. The predicted molar refractivity (Wildman–Crippen MR) is 258 cm³/mol. The van der Waals surface area contributed by atoms with E-state index >= 15 is 4.79 Å². The number of allylic oxidation sites excluding steroid dienone is 2. The molecule has 9 rings (SSSR count). The fourth-order valence-corrected chi connectivity index (χ4v) is 16.1. The van der Waals surface area contributed by atoms with Gasteiger partial charge in [0.05, 0.1) is 43.4 Å². The van der Waals surface area contributed by atoms with E-state index in [-0.39, 0.29) is 30.3 Å². The molecule has 24 heteroatoms. The van der Waals surface area contributed by atoms with Gasteiger partial charge >= 0.3 is 17.9 Å². The van der Waals surface area contributed by atoms with E-state index in [0.29, 0.717) is 51.4 Å².